The van der Waals surface area contributed by atoms with Gasteiger partial charge in [0.25, 0.3) is 0 Å². The Labute approximate surface area is 132 Å². The lowest BCUT2D eigenvalue weighted by Gasteiger charge is -2.39. The SMILES string of the molecule is CC(C)CO.CCC(C)C(C=O)(OCC(C)C)C(C)CC. The van der Waals surface area contributed by atoms with Crippen molar-refractivity contribution in [3.8, 4) is 0 Å². The molecule has 0 amide bonds. The van der Waals surface area contributed by atoms with E-state index in [1.54, 1.807) is 0 Å². The minimum absolute atomic E-state index is 0.277. The van der Waals surface area contributed by atoms with Crippen LogP contribution in [0.25, 0.3) is 0 Å². The molecule has 128 valence electrons. The third kappa shape index (κ3) is 8.57. The lowest BCUT2D eigenvalue weighted by Crippen LogP contribution is -2.47. The van der Waals surface area contributed by atoms with Crippen molar-refractivity contribution < 1.29 is 14.6 Å². The van der Waals surface area contributed by atoms with Crippen LogP contribution in [0.1, 0.15) is 68.2 Å². The minimum Gasteiger partial charge on any atom is -0.396 e. The number of aliphatic hydroxyl groups is 1. The molecule has 3 heteroatoms. The molecule has 0 saturated carbocycles. The van der Waals surface area contributed by atoms with E-state index in [2.05, 4.69) is 41.5 Å². The van der Waals surface area contributed by atoms with Gasteiger partial charge in [0, 0.05) is 6.61 Å². The van der Waals surface area contributed by atoms with E-state index < -0.39 is 5.60 Å². The topological polar surface area (TPSA) is 46.5 Å². The van der Waals surface area contributed by atoms with Crippen molar-refractivity contribution in [1.82, 2.24) is 0 Å². The zero-order valence-electron chi connectivity index (χ0n) is 15.5. The Balaban J connectivity index is 0. The van der Waals surface area contributed by atoms with E-state index >= 15 is 0 Å². The van der Waals surface area contributed by atoms with Crippen molar-refractivity contribution >= 4 is 6.29 Å². The van der Waals surface area contributed by atoms with Crippen molar-refractivity contribution in [3.05, 3.63) is 0 Å². The predicted molar refractivity (Wildman–Crippen MR) is 90.4 cm³/mol. The second kappa shape index (κ2) is 12.2. The summed E-state index contributed by atoms with van der Waals surface area (Å²) in [4.78, 5) is 11.5. The molecule has 0 aliphatic carbocycles. The first-order chi connectivity index (χ1) is 9.71. The molecule has 2 atom stereocenters. The average Bonchev–Trinajstić information content (AvgIpc) is 2.47. The van der Waals surface area contributed by atoms with E-state index in [1.807, 2.05) is 13.8 Å². The van der Waals surface area contributed by atoms with E-state index in [-0.39, 0.29) is 11.8 Å². The molecule has 0 aromatic heterocycles. The fraction of sp³-hybridized carbons (Fsp3) is 0.944. The molecule has 1 N–H and O–H groups in total. The van der Waals surface area contributed by atoms with Gasteiger partial charge in [0.05, 0.1) is 6.61 Å². The maximum absolute atomic E-state index is 11.5. The maximum atomic E-state index is 11.5. The van der Waals surface area contributed by atoms with Crippen molar-refractivity contribution in [2.24, 2.45) is 23.7 Å². The molecule has 0 fully saturated rings. The van der Waals surface area contributed by atoms with Gasteiger partial charge in [0.1, 0.15) is 5.60 Å². The van der Waals surface area contributed by atoms with Gasteiger partial charge < -0.3 is 14.6 Å². The second-order valence-corrected chi connectivity index (χ2v) is 6.87. The lowest BCUT2D eigenvalue weighted by atomic mass is 9.77. The molecule has 0 bridgehead atoms. The third-order valence-corrected chi connectivity index (χ3v) is 3.98. The van der Waals surface area contributed by atoms with E-state index in [9.17, 15) is 4.79 Å². The van der Waals surface area contributed by atoms with Crippen molar-refractivity contribution in [2.45, 2.75) is 73.8 Å². The fourth-order valence-corrected chi connectivity index (χ4v) is 1.99. The summed E-state index contributed by atoms with van der Waals surface area (Å²) in [6, 6.07) is 0. The van der Waals surface area contributed by atoms with Crippen LogP contribution in [0.15, 0.2) is 0 Å². The molecule has 0 aromatic carbocycles. The molecule has 0 aliphatic rings. The van der Waals surface area contributed by atoms with Crippen LogP contribution in [0, 0.1) is 23.7 Å². The highest BCUT2D eigenvalue weighted by atomic mass is 16.5. The molecular weight excluding hydrogens is 264 g/mol. The molecule has 0 rings (SSSR count). The average molecular weight is 302 g/mol. The summed E-state index contributed by atoms with van der Waals surface area (Å²) >= 11 is 0. The second-order valence-electron chi connectivity index (χ2n) is 6.87. The number of aldehydes is 1. The van der Waals surface area contributed by atoms with Gasteiger partial charge in [-0.3, -0.25) is 0 Å². The molecule has 0 saturated heterocycles. The Morgan fingerprint density at radius 1 is 0.952 bits per heavy atom. The first-order valence-electron chi connectivity index (χ1n) is 8.42. The quantitative estimate of drug-likeness (QED) is 0.645. The van der Waals surface area contributed by atoms with Gasteiger partial charge in [-0.2, -0.15) is 0 Å². The monoisotopic (exact) mass is 302 g/mol. The van der Waals surface area contributed by atoms with Gasteiger partial charge in [0.15, 0.2) is 6.29 Å². The highest BCUT2D eigenvalue weighted by Gasteiger charge is 2.40. The first-order valence-corrected chi connectivity index (χ1v) is 8.42. The number of ether oxygens (including phenoxy) is 1. The molecule has 3 nitrogen and oxygen atoms in total. The van der Waals surface area contributed by atoms with Crippen LogP contribution < -0.4 is 0 Å². The number of hydrogen-bond acceptors (Lipinski definition) is 3. The summed E-state index contributed by atoms with van der Waals surface area (Å²) in [5, 5.41) is 8.14. The summed E-state index contributed by atoms with van der Waals surface area (Å²) in [6.07, 6.45) is 2.99. The standard InChI is InChI=1S/C14H28O2.C4H10O/c1-7-12(5)14(10-15,13(6)8-2)16-9-11(3)4;1-4(2)3-5/h10-13H,7-9H2,1-6H3;4-5H,3H2,1-2H3. The smallest absolute Gasteiger partial charge is 0.152 e. The zero-order valence-corrected chi connectivity index (χ0v) is 15.5. The number of carbonyl (C=O) groups is 1. The molecule has 2 unspecified atom stereocenters. The highest BCUT2D eigenvalue weighted by molar-refractivity contribution is 5.63. The van der Waals surface area contributed by atoms with Gasteiger partial charge in [-0.05, 0) is 23.7 Å². The number of hydrogen-bond donors (Lipinski definition) is 1. The molecule has 0 heterocycles. The van der Waals surface area contributed by atoms with E-state index in [0.717, 1.165) is 19.1 Å². The third-order valence-electron chi connectivity index (χ3n) is 3.98. The molecular formula is C18H38O3. The van der Waals surface area contributed by atoms with Crippen molar-refractivity contribution in [3.63, 3.8) is 0 Å². The van der Waals surface area contributed by atoms with Crippen LogP contribution in [0.2, 0.25) is 0 Å². The Morgan fingerprint density at radius 2 is 1.33 bits per heavy atom. The summed E-state index contributed by atoms with van der Waals surface area (Å²) in [6.45, 7) is 17.6. The molecule has 0 aromatic rings. The van der Waals surface area contributed by atoms with E-state index in [4.69, 9.17) is 9.84 Å². The molecule has 0 spiro atoms. The van der Waals surface area contributed by atoms with Crippen LogP contribution in [0.4, 0.5) is 0 Å². The van der Waals surface area contributed by atoms with E-state index in [1.165, 1.54) is 0 Å². The summed E-state index contributed by atoms with van der Waals surface area (Å²) < 4.78 is 5.98. The van der Waals surface area contributed by atoms with Crippen LogP contribution in [0.5, 0.6) is 0 Å². The van der Waals surface area contributed by atoms with Gasteiger partial charge >= 0.3 is 0 Å². The predicted octanol–water partition coefficient (Wildman–Crippen LogP) is 4.32. The molecule has 21 heavy (non-hydrogen) atoms. The molecule has 0 radical (unpaired) electrons. The summed E-state index contributed by atoms with van der Waals surface area (Å²) in [7, 11) is 0. The first kappa shape index (κ1) is 22.9. The minimum atomic E-state index is -0.590. The Morgan fingerprint density at radius 3 is 1.52 bits per heavy atom. The maximum Gasteiger partial charge on any atom is 0.152 e. The van der Waals surface area contributed by atoms with Gasteiger partial charge in [-0.25, -0.2) is 0 Å². The Kier molecular flexibility index (Phi) is 13.2. The van der Waals surface area contributed by atoms with E-state index in [0.29, 0.717) is 25.0 Å². The largest absolute Gasteiger partial charge is 0.396 e. The Hall–Kier alpha value is -0.410. The number of aliphatic hydroxyl groups excluding tert-OH is 1. The van der Waals surface area contributed by atoms with Gasteiger partial charge in [0.2, 0.25) is 0 Å². The van der Waals surface area contributed by atoms with Crippen LogP contribution in [0.3, 0.4) is 0 Å². The highest BCUT2D eigenvalue weighted by Crippen LogP contribution is 2.33. The number of carbonyl (C=O) groups excluding carboxylic acids is 1. The number of rotatable bonds is 9. The van der Waals surface area contributed by atoms with Crippen molar-refractivity contribution in [1.29, 1.82) is 0 Å². The lowest BCUT2D eigenvalue weighted by molar-refractivity contribution is -0.153. The molecule has 0 aliphatic heterocycles. The van der Waals surface area contributed by atoms with Gasteiger partial charge in [-0.1, -0.05) is 68.2 Å². The zero-order chi connectivity index (χ0) is 17.1. The van der Waals surface area contributed by atoms with Crippen LogP contribution in [-0.4, -0.2) is 30.2 Å². The summed E-state index contributed by atoms with van der Waals surface area (Å²) in [5.74, 6) is 1.46. The van der Waals surface area contributed by atoms with Crippen LogP contribution >= 0.6 is 0 Å². The van der Waals surface area contributed by atoms with Crippen LogP contribution in [-0.2, 0) is 9.53 Å². The normalized spacial score (nSPS) is 16.9. The fourth-order valence-electron chi connectivity index (χ4n) is 1.99. The van der Waals surface area contributed by atoms with Gasteiger partial charge in [-0.15, -0.1) is 0 Å². The summed E-state index contributed by atoms with van der Waals surface area (Å²) in [5.41, 5.74) is -0.590. The Bertz CT molecular complexity index is 239. The van der Waals surface area contributed by atoms with Crippen molar-refractivity contribution in [2.75, 3.05) is 13.2 Å².